The van der Waals surface area contributed by atoms with Crippen LogP contribution in [-0.4, -0.2) is 33.9 Å². The van der Waals surface area contributed by atoms with Crippen LogP contribution in [-0.2, 0) is 11.3 Å². The number of amides is 1. The number of hydrogen-bond donors (Lipinski definition) is 2. The highest BCUT2D eigenvalue weighted by Gasteiger charge is 2.27. The minimum absolute atomic E-state index is 0.0110. The third-order valence-corrected chi connectivity index (χ3v) is 6.88. The SMILES string of the molecule is O=C(NCc1ccccn1)C1CCN(c2nc3c(-c4ccccc4F)csc3c(=O)[nH]2)CC1. The van der Waals surface area contributed by atoms with E-state index in [1.807, 2.05) is 23.1 Å². The summed E-state index contributed by atoms with van der Waals surface area (Å²) < 4.78 is 14.8. The van der Waals surface area contributed by atoms with E-state index in [4.69, 9.17) is 0 Å². The zero-order valence-corrected chi connectivity index (χ0v) is 18.6. The Hall–Kier alpha value is -3.59. The van der Waals surface area contributed by atoms with Crippen LogP contribution in [0.4, 0.5) is 10.3 Å². The van der Waals surface area contributed by atoms with E-state index < -0.39 is 0 Å². The molecule has 4 aromatic rings. The number of H-pyrrole nitrogens is 1. The van der Waals surface area contributed by atoms with E-state index >= 15 is 0 Å². The standard InChI is InChI=1S/C24H22FN5O2S/c25-19-7-2-1-6-17(19)18-14-33-21-20(18)28-24(29-23(21)32)30-11-8-15(9-12-30)22(31)27-13-16-5-3-4-10-26-16/h1-7,10,14-15H,8-9,11-13H2,(H,27,31)(H,28,29,32). The number of pyridine rings is 1. The van der Waals surface area contributed by atoms with Crippen LogP contribution in [0.1, 0.15) is 18.5 Å². The number of nitrogens with zero attached hydrogens (tertiary/aromatic N) is 3. The van der Waals surface area contributed by atoms with Crippen molar-refractivity contribution in [2.24, 2.45) is 5.92 Å². The normalized spacial score (nSPS) is 14.5. The predicted octanol–water partition coefficient (Wildman–Crippen LogP) is 3.72. The van der Waals surface area contributed by atoms with Gasteiger partial charge in [-0.25, -0.2) is 9.37 Å². The average molecular weight is 464 g/mol. The first-order valence-corrected chi connectivity index (χ1v) is 11.7. The average Bonchev–Trinajstić information content (AvgIpc) is 3.28. The fourth-order valence-corrected chi connectivity index (χ4v) is 5.01. The van der Waals surface area contributed by atoms with Gasteiger partial charge in [-0.15, -0.1) is 11.3 Å². The molecule has 1 saturated heterocycles. The lowest BCUT2D eigenvalue weighted by molar-refractivity contribution is -0.125. The molecule has 1 aromatic carbocycles. The number of hydrogen-bond acceptors (Lipinski definition) is 6. The Labute approximate surface area is 193 Å². The number of anilines is 1. The Morgan fingerprint density at radius 2 is 1.94 bits per heavy atom. The van der Waals surface area contributed by atoms with Gasteiger partial charge in [-0.2, -0.15) is 0 Å². The summed E-state index contributed by atoms with van der Waals surface area (Å²) in [6.07, 6.45) is 3.01. The van der Waals surface area contributed by atoms with Crippen LogP contribution in [0.2, 0.25) is 0 Å². The van der Waals surface area contributed by atoms with Crippen molar-refractivity contribution in [3.8, 4) is 11.1 Å². The lowest BCUT2D eigenvalue weighted by Crippen LogP contribution is -2.41. The number of carbonyl (C=O) groups is 1. The second kappa shape index (κ2) is 9.11. The molecule has 0 aliphatic carbocycles. The number of aromatic amines is 1. The quantitative estimate of drug-likeness (QED) is 0.471. The Morgan fingerprint density at radius 1 is 1.15 bits per heavy atom. The molecule has 0 spiro atoms. The van der Waals surface area contributed by atoms with E-state index in [1.165, 1.54) is 17.4 Å². The largest absolute Gasteiger partial charge is 0.350 e. The van der Waals surface area contributed by atoms with Crippen LogP contribution in [0.3, 0.4) is 0 Å². The number of aromatic nitrogens is 3. The topological polar surface area (TPSA) is 91.0 Å². The maximum Gasteiger partial charge on any atom is 0.270 e. The zero-order valence-electron chi connectivity index (χ0n) is 17.8. The van der Waals surface area contributed by atoms with Gasteiger partial charge in [0.25, 0.3) is 5.56 Å². The maximum atomic E-state index is 14.4. The molecule has 9 heteroatoms. The fourth-order valence-electron chi connectivity index (χ4n) is 4.11. The van der Waals surface area contributed by atoms with E-state index in [-0.39, 0.29) is 23.2 Å². The smallest absolute Gasteiger partial charge is 0.270 e. The molecule has 33 heavy (non-hydrogen) atoms. The summed E-state index contributed by atoms with van der Waals surface area (Å²) in [6, 6.07) is 12.1. The molecule has 0 atom stereocenters. The number of benzene rings is 1. The first-order valence-electron chi connectivity index (χ1n) is 10.8. The summed E-state index contributed by atoms with van der Waals surface area (Å²) in [4.78, 5) is 39.0. The number of nitrogens with one attached hydrogen (secondary N) is 2. The van der Waals surface area contributed by atoms with Crippen molar-refractivity contribution in [2.75, 3.05) is 18.0 Å². The molecule has 0 bridgehead atoms. The van der Waals surface area contributed by atoms with Crippen LogP contribution in [0.25, 0.3) is 21.3 Å². The molecule has 4 heterocycles. The van der Waals surface area contributed by atoms with Gasteiger partial charge < -0.3 is 10.2 Å². The molecule has 2 N–H and O–H groups in total. The minimum Gasteiger partial charge on any atom is -0.350 e. The number of carbonyl (C=O) groups excluding carboxylic acids is 1. The Kier molecular flexibility index (Phi) is 5.87. The molecule has 1 fully saturated rings. The van der Waals surface area contributed by atoms with Crippen molar-refractivity contribution in [2.45, 2.75) is 19.4 Å². The highest BCUT2D eigenvalue weighted by Crippen LogP contribution is 2.33. The summed E-state index contributed by atoms with van der Waals surface area (Å²) in [5.74, 6) is 0.0154. The minimum atomic E-state index is -0.349. The monoisotopic (exact) mass is 463 g/mol. The van der Waals surface area contributed by atoms with Gasteiger partial charge in [-0.05, 0) is 31.0 Å². The second-order valence-corrected chi connectivity index (χ2v) is 8.88. The summed E-state index contributed by atoms with van der Waals surface area (Å²) in [5.41, 5.74) is 2.12. The van der Waals surface area contributed by atoms with Gasteiger partial charge in [0.15, 0.2) is 0 Å². The first-order chi connectivity index (χ1) is 16.1. The van der Waals surface area contributed by atoms with Crippen molar-refractivity contribution < 1.29 is 9.18 Å². The Morgan fingerprint density at radius 3 is 2.70 bits per heavy atom. The highest BCUT2D eigenvalue weighted by molar-refractivity contribution is 7.17. The van der Waals surface area contributed by atoms with Gasteiger partial charge in [0, 0.05) is 41.7 Å². The van der Waals surface area contributed by atoms with E-state index in [9.17, 15) is 14.0 Å². The zero-order chi connectivity index (χ0) is 22.8. The van der Waals surface area contributed by atoms with Gasteiger partial charge in [0.05, 0.1) is 17.8 Å². The Balaban J connectivity index is 1.30. The van der Waals surface area contributed by atoms with E-state index in [0.29, 0.717) is 59.8 Å². The number of halogens is 1. The fraction of sp³-hybridized carbons (Fsp3) is 0.250. The number of piperidine rings is 1. The van der Waals surface area contributed by atoms with Crippen molar-refractivity contribution in [3.63, 3.8) is 0 Å². The molecule has 0 radical (unpaired) electrons. The van der Waals surface area contributed by atoms with Crippen molar-refractivity contribution >= 4 is 33.4 Å². The first kappa shape index (κ1) is 21.3. The molecule has 1 aliphatic rings. The summed E-state index contributed by atoms with van der Waals surface area (Å²) in [7, 11) is 0. The van der Waals surface area contributed by atoms with Crippen molar-refractivity contribution in [1.29, 1.82) is 0 Å². The van der Waals surface area contributed by atoms with Crippen LogP contribution in [0, 0.1) is 11.7 Å². The van der Waals surface area contributed by atoms with Crippen LogP contribution < -0.4 is 15.8 Å². The van der Waals surface area contributed by atoms with Crippen LogP contribution in [0.5, 0.6) is 0 Å². The van der Waals surface area contributed by atoms with Gasteiger partial charge >= 0.3 is 0 Å². The number of fused-ring (bicyclic) bond motifs is 1. The molecule has 0 saturated carbocycles. The molecule has 5 rings (SSSR count). The summed E-state index contributed by atoms with van der Waals surface area (Å²) in [5, 5.41) is 4.73. The third kappa shape index (κ3) is 4.36. The van der Waals surface area contributed by atoms with Crippen molar-refractivity contribution in [3.05, 3.63) is 75.9 Å². The number of thiophene rings is 1. The lowest BCUT2D eigenvalue weighted by Gasteiger charge is -2.31. The van der Waals surface area contributed by atoms with Gasteiger partial charge in [0.1, 0.15) is 10.5 Å². The van der Waals surface area contributed by atoms with Crippen molar-refractivity contribution in [1.82, 2.24) is 20.3 Å². The van der Waals surface area contributed by atoms with E-state index in [1.54, 1.807) is 29.8 Å². The van der Waals surface area contributed by atoms with E-state index in [0.717, 1.165) is 5.69 Å². The molecular weight excluding hydrogens is 441 g/mol. The molecule has 3 aromatic heterocycles. The summed E-state index contributed by atoms with van der Waals surface area (Å²) >= 11 is 1.26. The lowest BCUT2D eigenvalue weighted by atomic mass is 9.96. The maximum absolute atomic E-state index is 14.4. The van der Waals surface area contributed by atoms with Gasteiger partial charge in [0.2, 0.25) is 11.9 Å². The van der Waals surface area contributed by atoms with Gasteiger partial charge in [-0.1, -0.05) is 24.3 Å². The summed E-state index contributed by atoms with van der Waals surface area (Å²) in [6.45, 7) is 1.59. The third-order valence-electron chi connectivity index (χ3n) is 5.91. The molecule has 168 valence electrons. The molecule has 7 nitrogen and oxygen atoms in total. The van der Waals surface area contributed by atoms with Crippen LogP contribution >= 0.6 is 11.3 Å². The number of rotatable bonds is 5. The van der Waals surface area contributed by atoms with Gasteiger partial charge in [-0.3, -0.25) is 19.6 Å². The second-order valence-electron chi connectivity index (χ2n) is 8.00. The molecule has 0 unspecified atom stereocenters. The van der Waals surface area contributed by atoms with E-state index in [2.05, 4.69) is 20.3 Å². The predicted molar refractivity (Wildman–Crippen MR) is 127 cm³/mol. The van der Waals surface area contributed by atoms with Crippen LogP contribution in [0.15, 0.2) is 58.8 Å². The Bertz CT molecular complexity index is 1350. The highest BCUT2D eigenvalue weighted by atomic mass is 32.1. The molecular formula is C24H22FN5O2S. The molecule has 1 amide bonds. The molecule has 1 aliphatic heterocycles.